The van der Waals surface area contributed by atoms with Gasteiger partial charge in [-0.2, -0.15) is 0 Å². The lowest BCUT2D eigenvalue weighted by Gasteiger charge is -2.15. The molecule has 1 aromatic rings. The number of aromatic carboxylic acids is 1. The van der Waals surface area contributed by atoms with Gasteiger partial charge in [0.2, 0.25) is 10.0 Å². The molecular weight excluding hydrogens is 274 g/mol. The van der Waals surface area contributed by atoms with Crippen LogP contribution in [0, 0.1) is 11.8 Å². The first-order valence-electron chi connectivity index (χ1n) is 5.55. The molecule has 0 aliphatic carbocycles. The van der Waals surface area contributed by atoms with E-state index in [-0.39, 0.29) is 15.7 Å². The fraction of sp³-hybridized carbons (Fsp3) is 0.545. The van der Waals surface area contributed by atoms with Crippen molar-refractivity contribution in [3.05, 3.63) is 17.0 Å². The van der Waals surface area contributed by atoms with Crippen LogP contribution in [0.15, 0.2) is 15.7 Å². The van der Waals surface area contributed by atoms with E-state index in [4.69, 9.17) is 5.11 Å². The number of carboxylic acids is 1. The summed E-state index contributed by atoms with van der Waals surface area (Å²) in [6.45, 7) is 6.35. The zero-order chi connectivity index (χ0) is 13.9. The highest BCUT2D eigenvalue weighted by molar-refractivity contribution is 7.91. The maximum atomic E-state index is 11.9. The maximum Gasteiger partial charge on any atom is 0.336 e. The molecule has 1 rings (SSSR count). The highest BCUT2D eigenvalue weighted by atomic mass is 32.2. The first-order chi connectivity index (χ1) is 8.24. The number of rotatable bonds is 6. The lowest BCUT2D eigenvalue weighted by atomic mass is 9.99. The molecule has 2 N–H and O–H groups in total. The lowest BCUT2D eigenvalue weighted by molar-refractivity contribution is 0.0697. The predicted octanol–water partition coefficient (Wildman–Crippen LogP) is 2.02. The van der Waals surface area contributed by atoms with Crippen LogP contribution < -0.4 is 4.72 Å². The molecular formula is C11H17NO4S2. The predicted molar refractivity (Wildman–Crippen MR) is 70.5 cm³/mol. The second-order valence-corrected chi connectivity index (χ2v) is 7.44. The summed E-state index contributed by atoms with van der Waals surface area (Å²) in [6.07, 6.45) is 0. The summed E-state index contributed by atoms with van der Waals surface area (Å²) >= 11 is 0.914. The second-order valence-electron chi connectivity index (χ2n) is 4.53. The number of hydrogen-bond acceptors (Lipinski definition) is 4. The molecule has 0 fully saturated rings. The van der Waals surface area contributed by atoms with Gasteiger partial charge in [0.05, 0.1) is 5.56 Å². The Morgan fingerprint density at radius 1 is 1.44 bits per heavy atom. The Bertz CT molecular complexity index is 519. The maximum absolute atomic E-state index is 11.9. The molecule has 1 unspecified atom stereocenters. The third-order valence-electron chi connectivity index (χ3n) is 2.82. The fourth-order valence-corrected chi connectivity index (χ4v) is 3.46. The van der Waals surface area contributed by atoms with Crippen LogP contribution in [-0.2, 0) is 10.0 Å². The minimum atomic E-state index is -3.60. The Labute approximate surface area is 111 Å². The molecule has 0 bridgehead atoms. The number of nitrogens with one attached hydrogen (secondary N) is 1. The van der Waals surface area contributed by atoms with Crippen molar-refractivity contribution in [1.82, 2.24) is 4.72 Å². The first kappa shape index (κ1) is 15.1. The molecule has 18 heavy (non-hydrogen) atoms. The van der Waals surface area contributed by atoms with Crippen LogP contribution in [0.5, 0.6) is 0 Å². The van der Waals surface area contributed by atoms with Crippen molar-refractivity contribution in [3.63, 3.8) is 0 Å². The monoisotopic (exact) mass is 291 g/mol. The van der Waals surface area contributed by atoms with E-state index in [9.17, 15) is 13.2 Å². The Kier molecular flexibility index (Phi) is 4.89. The Hall–Kier alpha value is -0.920. The van der Waals surface area contributed by atoms with Gasteiger partial charge in [-0.05, 0) is 17.9 Å². The molecule has 7 heteroatoms. The molecule has 0 aromatic carbocycles. The second kappa shape index (κ2) is 5.81. The molecule has 0 saturated heterocycles. The SMILES string of the molecule is CC(C)C(C)CNS(=O)(=O)c1cc(C(=O)O)cs1. The van der Waals surface area contributed by atoms with Gasteiger partial charge in [0, 0.05) is 11.9 Å². The molecule has 0 aliphatic heterocycles. The van der Waals surface area contributed by atoms with Gasteiger partial charge in [0.1, 0.15) is 4.21 Å². The normalized spacial score (nSPS) is 13.8. The van der Waals surface area contributed by atoms with Crippen LogP contribution in [0.3, 0.4) is 0 Å². The lowest BCUT2D eigenvalue weighted by Crippen LogP contribution is -2.29. The van der Waals surface area contributed by atoms with Crippen LogP contribution in [-0.4, -0.2) is 26.0 Å². The van der Waals surface area contributed by atoms with E-state index in [1.807, 2.05) is 20.8 Å². The number of thiophene rings is 1. The molecule has 0 saturated carbocycles. The van der Waals surface area contributed by atoms with E-state index in [1.54, 1.807) is 0 Å². The minimum Gasteiger partial charge on any atom is -0.478 e. The third-order valence-corrected chi connectivity index (χ3v) is 5.68. The van der Waals surface area contributed by atoms with Crippen molar-refractivity contribution in [2.24, 2.45) is 11.8 Å². The van der Waals surface area contributed by atoms with Crippen LogP contribution in [0.2, 0.25) is 0 Å². The van der Waals surface area contributed by atoms with Gasteiger partial charge < -0.3 is 5.11 Å². The summed E-state index contributed by atoms with van der Waals surface area (Å²) in [5.74, 6) is -0.521. The van der Waals surface area contributed by atoms with E-state index in [2.05, 4.69) is 4.72 Å². The first-order valence-corrected chi connectivity index (χ1v) is 7.92. The van der Waals surface area contributed by atoms with Crippen molar-refractivity contribution in [2.75, 3.05) is 6.54 Å². The number of carbonyl (C=O) groups is 1. The molecule has 1 aromatic heterocycles. The topological polar surface area (TPSA) is 83.5 Å². The van der Waals surface area contributed by atoms with E-state index in [0.29, 0.717) is 12.5 Å². The van der Waals surface area contributed by atoms with Gasteiger partial charge in [0.15, 0.2) is 0 Å². The van der Waals surface area contributed by atoms with E-state index in [1.165, 1.54) is 11.4 Å². The molecule has 0 radical (unpaired) electrons. The summed E-state index contributed by atoms with van der Waals surface area (Å²) in [5.41, 5.74) is -0.00252. The summed E-state index contributed by atoms with van der Waals surface area (Å²) in [4.78, 5) is 10.7. The Morgan fingerprint density at radius 3 is 2.50 bits per heavy atom. The number of hydrogen-bond donors (Lipinski definition) is 2. The number of sulfonamides is 1. The van der Waals surface area contributed by atoms with E-state index < -0.39 is 16.0 Å². The summed E-state index contributed by atoms with van der Waals surface area (Å²) in [6, 6.07) is 1.18. The molecule has 1 heterocycles. The van der Waals surface area contributed by atoms with Gasteiger partial charge in [-0.25, -0.2) is 17.9 Å². The largest absolute Gasteiger partial charge is 0.478 e. The Balaban J connectivity index is 2.77. The van der Waals surface area contributed by atoms with Gasteiger partial charge in [-0.3, -0.25) is 0 Å². The van der Waals surface area contributed by atoms with Gasteiger partial charge in [-0.15, -0.1) is 11.3 Å². The molecule has 102 valence electrons. The molecule has 1 atom stereocenters. The molecule has 0 spiro atoms. The standard InChI is InChI=1S/C11H17NO4S2/c1-7(2)8(3)5-12-18(15,16)10-4-9(6-17-10)11(13)14/h4,6-8,12H,5H2,1-3H3,(H,13,14). The smallest absolute Gasteiger partial charge is 0.336 e. The zero-order valence-corrected chi connectivity index (χ0v) is 12.1. The molecule has 0 amide bonds. The molecule has 5 nitrogen and oxygen atoms in total. The Morgan fingerprint density at radius 2 is 2.06 bits per heavy atom. The van der Waals surface area contributed by atoms with Crippen molar-refractivity contribution in [2.45, 2.75) is 25.0 Å². The summed E-state index contributed by atoms with van der Waals surface area (Å²) in [5, 5.41) is 10.1. The third kappa shape index (κ3) is 3.79. The van der Waals surface area contributed by atoms with Crippen molar-refractivity contribution >= 4 is 27.3 Å². The van der Waals surface area contributed by atoms with Crippen LogP contribution in [0.4, 0.5) is 0 Å². The highest BCUT2D eigenvalue weighted by Crippen LogP contribution is 2.20. The van der Waals surface area contributed by atoms with Crippen LogP contribution >= 0.6 is 11.3 Å². The summed E-state index contributed by atoms with van der Waals surface area (Å²) < 4.78 is 26.3. The van der Waals surface area contributed by atoms with Crippen LogP contribution in [0.25, 0.3) is 0 Å². The average Bonchev–Trinajstić information content (AvgIpc) is 2.75. The highest BCUT2D eigenvalue weighted by Gasteiger charge is 2.20. The van der Waals surface area contributed by atoms with E-state index >= 15 is 0 Å². The number of carboxylic acid groups (broad SMARTS) is 1. The van der Waals surface area contributed by atoms with Gasteiger partial charge in [-0.1, -0.05) is 20.8 Å². The van der Waals surface area contributed by atoms with Crippen molar-refractivity contribution in [1.29, 1.82) is 0 Å². The van der Waals surface area contributed by atoms with Crippen molar-refractivity contribution in [3.8, 4) is 0 Å². The average molecular weight is 291 g/mol. The minimum absolute atomic E-state index is 0.00252. The molecule has 0 aliphatic rings. The quantitative estimate of drug-likeness (QED) is 0.840. The zero-order valence-electron chi connectivity index (χ0n) is 10.5. The van der Waals surface area contributed by atoms with Gasteiger partial charge in [0.25, 0.3) is 0 Å². The fourth-order valence-electron chi connectivity index (χ4n) is 1.12. The summed E-state index contributed by atoms with van der Waals surface area (Å²) in [7, 11) is -3.60. The van der Waals surface area contributed by atoms with Crippen LogP contribution in [0.1, 0.15) is 31.1 Å². The van der Waals surface area contributed by atoms with E-state index in [0.717, 1.165) is 11.3 Å². The van der Waals surface area contributed by atoms with Crippen molar-refractivity contribution < 1.29 is 18.3 Å². The van der Waals surface area contributed by atoms with Gasteiger partial charge >= 0.3 is 5.97 Å².